The van der Waals surface area contributed by atoms with E-state index in [2.05, 4.69) is 112 Å². The molecule has 0 fully saturated rings. The molecule has 0 bridgehead atoms. The fourth-order valence-corrected chi connectivity index (χ4v) is 6.34. The Morgan fingerprint density at radius 2 is 1.00 bits per heavy atom. The van der Waals surface area contributed by atoms with Gasteiger partial charge in [-0.25, -0.2) is 0 Å². The van der Waals surface area contributed by atoms with E-state index >= 15 is 0 Å². The molecule has 8 rings (SSSR count). The van der Waals surface area contributed by atoms with E-state index in [9.17, 15) is 10.5 Å². The number of rotatable bonds is 3. The number of para-hydroxylation sites is 3. The van der Waals surface area contributed by atoms with E-state index in [1.807, 2.05) is 42.5 Å². The number of nitrogens with zero attached hydrogens (tertiary/aromatic N) is 4. The van der Waals surface area contributed by atoms with Crippen LogP contribution in [0.25, 0.3) is 66.1 Å². The Morgan fingerprint density at radius 1 is 0.429 bits per heavy atom. The average molecular weight is 535 g/mol. The Labute approximate surface area is 242 Å². The molecule has 0 saturated heterocycles. The van der Waals surface area contributed by atoms with Crippen molar-refractivity contribution in [1.29, 1.82) is 10.5 Å². The standard InChI is InChI=1S/C38H22N4/c39-23-25-16-19-38-34(20-25)32-12-3-6-15-37(32)42(38)29-18-17-27(24-40)33(22-29)26-8-7-9-28(21-26)41-35-13-4-1-10-30(35)31-11-2-5-14-36(31)41/h1-22H. The summed E-state index contributed by atoms with van der Waals surface area (Å²) in [5.74, 6) is 0. The molecule has 0 amide bonds. The van der Waals surface area contributed by atoms with Crippen LogP contribution < -0.4 is 0 Å². The summed E-state index contributed by atoms with van der Waals surface area (Å²) in [6.07, 6.45) is 0. The van der Waals surface area contributed by atoms with Crippen LogP contribution in [0.2, 0.25) is 0 Å². The van der Waals surface area contributed by atoms with Gasteiger partial charge in [0.15, 0.2) is 0 Å². The molecule has 8 aromatic rings. The highest BCUT2D eigenvalue weighted by molar-refractivity contribution is 6.10. The summed E-state index contributed by atoms with van der Waals surface area (Å²) in [6, 6.07) is 50.1. The van der Waals surface area contributed by atoms with Gasteiger partial charge in [-0.1, -0.05) is 66.7 Å². The minimum absolute atomic E-state index is 0.616. The Hall–Kier alpha value is -6.10. The van der Waals surface area contributed by atoms with Gasteiger partial charge in [0.1, 0.15) is 0 Å². The second-order valence-corrected chi connectivity index (χ2v) is 10.5. The number of hydrogen-bond acceptors (Lipinski definition) is 2. The predicted molar refractivity (Wildman–Crippen MR) is 170 cm³/mol. The molecule has 0 saturated carbocycles. The van der Waals surface area contributed by atoms with Gasteiger partial charge in [-0.2, -0.15) is 10.5 Å². The normalized spacial score (nSPS) is 11.3. The third kappa shape index (κ3) is 3.47. The number of nitriles is 2. The molecule has 0 N–H and O–H groups in total. The maximum atomic E-state index is 10.1. The number of benzene rings is 6. The predicted octanol–water partition coefficient (Wildman–Crippen LogP) is 9.29. The largest absolute Gasteiger partial charge is 0.309 e. The Bertz CT molecular complexity index is 2390. The highest BCUT2D eigenvalue weighted by atomic mass is 15.0. The maximum Gasteiger partial charge on any atom is 0.0998 e. The lowest BCUT2D eigenvalue weighted by Crippen LogP contribution is -1.97. The van der Waals surface area contributed by atoms with Gasteiger partial charge in [0.05, 0.1) is 45.3 Å². The zero-order chi connectivity index (χ0) is 28.2. The third-order valence-electron chi connectivity index (χ3n) is 8.18. The summed E-state index contributed by atoms with van der Waals surface area (Å²) >= 11 is 0. The highest BCUT2D eigenvalue weighted by Gasteiger charge is 2.16. The Balaban J connectivity index is 1.35. The summed E-state index contributed by atoms with van der Waals surface area (Å²) in [5.41, 5.74) is 9.46. The summed E-state index contributed by atoms with van der Waals surface area (Å²) in [4.78, 5) is 0. The molecule has 2 aromatic heterocycles. The summed E-state index contributed by atoms with van der Waals surface area (Å²) in [5, 5.41) is 24.2. The van der Waals surface area contributed by atoms with Crippen molar-refractivity contribution >= 4 is 43.6 Å². The molecule has 2 heterocycles. The SMILES string of the molecule is N#Cc1ccc2c(c1)c1ccccc1n2-c1ccc(C#N)c(-c2cccc(-n3c4ccccc4c4ccccc43)c2)c1. The van der Waals surface area contributed by atoms with E-state index in [0.717, 1.165) is 55.3 Å². The van der Waals surface area contributed by atoms with Gasteiger partial charge in [-0.05, 0) is 72.3 Å². The van der Waals surface area contributed by atoms with Crippen LogP contribution in [-0.4, -0.2) is 9.13 Å². The van der Waals surface area contributed by atoms with Crippen molar-refractivity contribution in [1.82, 2.24) is 9.13 Å². The van der Waals surface area contributed by atoms with Crippen LogP contribution >= 0.6 is 0 Å². The van der Waals surface area contributed by atoms with E-state index in [-0.39, 0.29) is 0 Å². The van der Waals surface area contributed by atoms with E-state index in [1.165, 1.54) is 10.8 Å². The monoisotopic (exact) mass is 534 g/mol. The van der Waals surface area contributed by atoms with Crippen LogP contribution in [0, 0.1) is 22.7 Å². The molecule has 0 unspecified atom stereocenters. The first-order valence-corrected chi connectivity index (χ1v) is 13.8. The minimum Gasteiger partial charge on any atom is -0.309 e. The van der Waals surface area contributed by atoms with Crippen molar-refractivity contribution in [2.24, 2.45) is 0 Å². The van der Waals surface area contributed by atoms with Gasteiger partial charge >= 0.3 is 0 Å². The second kappa shape index (κ2) is 9.24. The first-order chi connectivity index (χ1) is 20.7. The lowest BCUT2D eigenvalue weighted by molar-refractivity contribution is 1.17. The van der Waals surface area contributed by atoms with Crippen molar-refractivity contribution in [3.63, 3.8) is 0 Å². The smallest absolute Gasteiger partial charge is 0.0998 e. The van der Waals surface area contributed by atoms with Crippen LogP contribution in [0.4, 0.5) is 0 Å². The summed E-state index contributed by atoms with van der Waals surface area (Å²) in [6.45, 7) is 0. The molecule has 0 aliphatic carbocycles. The zero-order valence-corrected chi connectivity index (χ0v) is 22.5. The first kappa shape index (κ1) is 23.8. The lowest BCUT2D eigenvalue weighted by atomic mass is 9.99. The summed E-state index contributed by atoms with van der Waals surface area (Å²) < 4.78 is 4.51. The number of aromatic nitrogens is 2. The Morgan fingerprint density at radius 3 is 1.62 bits per heavy atom. The molecule has 0 aliphatic rings. The number of hydrogen-bond donors (Lipinski definition) is 0. The van der Waals surface area contributed by atoms with Gasteiger partial charge in [0, 0.05) is 38.5 Å². The van der Waals surface area contributed by atoms with Crippen molar-refractivity contribution in [2.45, 2.75) is 0 Å². The minimum atomic E-state index is 0.616. The molecular weight excluding hydrogens is 512 g/mol. The molecule has 4 nitrogen and oxygen atoms in total. The van der Waals surface area contributed by atoms with Crippen LogP contribution in [0.1, 0.15) is 11.1 Å². The van der Waals surface area contributed by atoms with Gasteiger partial charge < -0.3 is 9.13 Å². The topological polar surface area (TPSA) is 57.4 Å². The van der Waals surface area contributed by atoms with Gasteiger partial charge in [0.2, 0.25) is 0 Å². The van der Waals surface area contributed by atoms with Gasteiger partial charge in [0.25, 0.3) is 0 Å². The van der Waals surface area contributed by atoms with Crippen LogP contribution in [0.5, 0.6) is 0 Å². The van der Waals surface area contributed by atoms with Crippen LogP contribution in [0.3, 0.4) is 0 Å². The molecule has 194 valence electrons. The van der Waals surface area contributed by atoms with E-state index in [4.69, 9.17) is 0 Å². The fraction of sp³-hybridized carbons (Fsp3) is 0. The lowest BCUT2D eigenvalue weighted by Gasteiger charge is -2.14. The van der Waals surface area contributed by atoms with Crippen LogP contribution in [-0.2, 0) is 0 Å². The van der Waals surface area contributed by atoms with Crippen molar-refractivity contribution in [3.8, 4) is 34.6 Å². The van der Waals surface area contributed by atoms with Crippen molar-refractivity contribution in [2.75, 3.05) is 0 Å². The van der Waals surface area contributed by atoms with E-state index in [0.29, 0.717) is 11.1 Å². The summed E-state index contributed by atoms with van der Waals surface area (Å²) in [7, 11) is 0. The maximum absolute atomic E-state index is 10.1. The van der Waals surface area contributed by atoms with Crippen LogP contribution in [0.15, 0.2) is 133 Å². The Kier molecular flexibility index (Phi) is 5.22. The molecule has 0 atom stereocenters. The van der Waals surface area contributed by atoms with Crippen molar-refractivity contribution in [3.05, 3.63) is 145 Å². The molecule has 0 spiro atoms. The zero-order valence-electron chi connectivity index (χ0n) is 22.5. The number of fused-ring (bicyclic) bond motifs is 6. The van der Waals surface area contributed by atoms with Gasteiger partial charge in [-0.15, -0.1) is 0 Å². The highest BCUT2D eigenvalue weighted by Crippen LogP contribution is 2.36. The third-order valence-corrected chi connectivity index (χ3v) is 8.18. The molecular formula is C38H22N4. The van der Waals surface area contributed by atoms with Crippen molar-refractivity contribution < 1.29 is 0 Å². The molecule has 42 heavy (non-hydrogen) atoms. The molecule has 0 aliphatic heterocycles. The first-order valence-electron chi connectivity index (χ1n) is 13.8. The van der Waals surface area contributed by atoms with E-state index < -0.39 is 0 Å². The van der Waals surface area contributed by atoms with E-state index in [1.54, 1.807) is 0 Å². The fourth-order valence-electron chi connectivity index (χ4n) is 6.34. The second-order valence-electron chi connectivity index (χ2n) is 10.5. The average Bonchev–Trinajstić information content (AvgIpc) is 3.57. The molecule has 4 heteroatoms. The molecule has 6 aromatic carbocycles. The van der Waals surface area contributed by atoms with Gasteiger partial charge in [-0.3, -0.25) is 0 Å². The quantitative estimate of drug-likeness (QED) is 0.227. The molecule has 0 radical (unpaired) electrons.